The molecule has 1 aliphatic heterocycles. The van der Waals surface area contributed by atoms with Gasteiger partial charge in [-0.15, -0.1) is 0 Å². The number of hydrogen-bond donors (Lipinski definition) is 0. The first-order valence-electron chi connectivity index (χ1n) is 10.9. The van der Waals surface area contributed by atoms with E-state index >= 15 is 0 Å². The SMILES string of the molecule is Cc1nc(-c2cnn(C)c2COC(=O)N2CC(C)(C)C2)ccc1OC1CCCCC1. The van der Waals surface area contributed by atoms with Crippen LogP contribution >= 0.6 is 0 Å². The normalized spacial score (nSPS) is 18.7. The van der Waals surface area contributed by atoms with Gasteiger partial charge in [-0.2, -0.15) is 5.10 Å². The molecule has 2 fully saturated rings. The van der Waals surface area contributed by atoms with Gasteiger partial charge in [0.25, 0.3) is 0 Å². The predicted molar refractivity (Wildman–Crippen MR) is 114 cm³/mol. The molecule has 0 aromatic carbocycles. The average molecular weight is 413 g/mol. The molecule has 2 aliphatic rings. The second kappa shape index (κ2) is 8.28. The second-order valence-electron chi connectivity index (χ2n) is 9.36. The Balaban J connectivity index is 1.44. The minimum Gasteiger partial charge on any atom is -0.489 e. The van der Waals surface area contributed by atoms with Crippen LogP contribution < -0.4 is 4.74 Å². The highest BCUT2D eigenvalue weighted by Crippen LogP contribution is 2.31. The van der Waals surface area contributed by atoms with Gasteiger partial charge in [0.05, 0.1) is 29.4 Å². The van der Waals surface area contributed by atoms with E-state index in [9.17, 15) is 4.79 Å². The van der Waals surface area contributed by atoms with Crippen molar-refractivity contribution in [2.75, 3.05) is 13.1 Å². The van der Waals surface area contributed by atoms with Crippen LogP contribution in [0.25, 0.3) is 11.3 Å². The van der Waals surface area contributed by atoms with Crippen molar-refractivity contribution >= 4 is 6.09 Å². The maximum atomic E-state index is 12.3. The van der Waals surface area contributed by atoms with Crippen molar-refractivity contribution in [3.05, 3.63) is 29.7 Å². The molecule has 1 saturated carbocycles. The van der Waals surface area contributed by atoms with E-state index in [0.717, 1.165) is 54.3 Å². The zero-order valence-corrected chi connectivity index (χ0v) is 18.5. The van der Waals surface area contributed by atoms with Crippen LogP contribution in [-0.4, -0.2) is 45.0 Å². The number of aryl methyl sites for hydroxylation is 2. The molecule has 7 heteroatoms. The molecule has 0 N–H and O–H groups in total. The lowest BCUT2D eigenvalue weighted by molar-refractivity contribution is 0.0132. The summed E-state index contributed by atoms with van der Waals surface area (Å²) in [5.41, 5.74) is 3.57. The summed E-state index contributed by atoms with van der Waals surface area (Å²) in [6, 6.07) is 3.96. The molecule has 2 aromatic heterocycles. The fourth-order valence-electron chi connectivity index (χ4n) is 4.37. The van der Waals surface area contributed by atoms with Gasteiger partial charge < -0.3 is 14.4 Å². The van der Waals surface area contributed by atoms with Gasteiger partial charge in [0.1, 0.15) is 12.4 Å². The van der Waals surface area contributed by atoms with E-state index in [-0.39, 0.29) is 18.1 Å². The molecule has 1 aliphatic carbocycles. The smallest absolute Gasteiger partial charge is 0.410 e. The number of rotatable bonds is 5. The van der Waals surface area contributed by atoms with Crippen LogP contribution in [0.2, 0.25) is 0 Å². The molecule has 0 spiro atoms. The third-order valence-electron chi connectivity index (χ3n) is 6.05. The van der Waals surface area contributed by atoms with Crippen LogP contribution in [-0.2, 0) is 18.4 Å². The van der Waals surface area contributed by atoms with Crippen molar-refractivity contribution in [1.82, 2.24) is 19.7 Å². The maximum Gasteiger partial charge on any atom is 0.410 e. The van der Waals surface area contributed by atoms with Crippen molar-refractivity contribution in [3.8, 4) is 17.0 Å². The molecule has 7 nitrogen and oxygen atoms in total. The number of nitrogens with zero attached hydrogens (tertiary/aromatic N) is 4. The summed E-state index contributed by atoms with van der Waals surface area (Å²) >= 11 is 0. The van der Waals surface area contributed by atoms with E-state index in [4.69, 9.17) is 14.5 Å². The standard InChI is InChI=1S/C23H32N4O3/c1-16-21(30-17-8-6-5-7-9-17)11-10-19(25-16)18-12-24-26(4)20(18)13-29-22(28)27-14-23(2,3)15-27/h10-12,17H,5-9,13-15H2,1-4H3. The highest BCUT2D eigenvalue weighted by atomic mass is 16.6. The minimum absolute atomic E-state index is 0.169. The lowest BCUT2D eigenvalue weighted by Gasteiger charge is -2.44. The Labute approximate surface area is 178 Å². The van der Waals surface area contributed by atoms with E-state index in [1.54, 1.807) is 15.8 Å². The fourth-order valence-corrected chi connectivity index (χ4v) is 4.37. The zero-order chi connectivity index (χ0) is 21.3. The number of carbonyl (C=O) groups is 1. The molecule has 30 heavy (non-hydrogen) atoms. The Kier molecular flexibility index (Phi) is 5.71. The molecule has 1 amide bonds. The van der Waals surface area contributed by atoms with E-state index in [2.05, 4.69) is 18.9 Å². The quantitative estimate of drug-likeness (QED) is 0.724. The second-order valence-corrected chi connectivity index (χ2v) is 9.36. The Morgan fingerprint density at radius 2 is 1.93 bits per heavy atom. The molecule has 4 rings (SSSR count). The lowest BCUT2D eigenvalue weighted by Crippen LogP contribution is -2.55. The summed E-state index contributed by atoms with van der Waals surface area (Å²) < 4.78 is 13.5. The first-order chi connectivity index (χ1) is 14.3. The number of carbonyl (C=O) groups excluding carboxylic acids is 1. The van der Waals surface area contributed by atoms with E-state index in [1.807, 2.05) is 26.1 Å². The van der Waals surface area contributed by atoms with E-state index in [0.29, 0.717) is 6.10 Å². The summed E-state index contributed by atoms with van der Waals surface area (Å²) in [5, 5.41) is 4.36. The first-order valence-corrected chi connectivity index (χ1v) is 10.9. The molecule has 0 atom stereocenters. The van der Waals surface area contributed by atoms with Crippen molar-refractivity contribution in [1.29, 1.82) is 0 Å². The summed E-state index contributed by atoms with van der Waals surface area (Å²) in [6.07, 6.45) is 7.82. The van der Waals surface area contributed by atoms with Crippen molar-refractivity contribution < 1.29 is 14.3 Å². The van der Waals surface area contributed by atoms with Crippen LogP contribution in [0.1, 0.15) is 57.3 Å². The van der Waals surface area contributed by atoms with Gasteiger partial charge in [0.15, 0.2) is 0 Å². The number of amides is 1. The van der Waals surface area contributed by atoms with Gasteiger partial charge >= 0.3 is 6.09 Å². The third kappa shape index (κ3) is 4.45. The Morgan fingerprint density at radius 3 is 2.60 bits per heavy atom. The maximum absolute atomic E-state index is 12.3. The van der Waals surface area contributed by atoms with Crippen molar-refractivity contribution in [3.63, 3.8) is 0 Å². The van der Waals surface area contributed by atoms with Crippen LogP contribution in [0.15, 0.2) is 18.3 Å². The molecule has 3 heterocycles. The molecule has 162 valence electrons. The minimum atomic E-state index is -0.276. The van der Waals surface area contributed by atoms with Crippen LogP contribution in [0.3, 0.4) is 0 Å². The topological polar surface area (TPSA) is 69.5 Å². The summed E-state index contributed by atoms with van der Waals surface area (Å²) in [7, 11) is 1.85. The molecule has 0 bridgehead atoms. The van der Waals surface area contributed by atoms with Gasteiger partial charge in [0, 0.05) is 31.1 Å². The number of likely N-dealkylation sites (tertiary alicyclic amines) is 1. The molecule has 2 aromatic rings. The highest BCUT2D eigenvalue weighted by molar-refractivity contribution is 5.69. The van der Waals surface area contributed by atoms with Crippen molar-refractivity contribution in [2.45, 2.75) is 65.6 Å². The molecular weight excluding hydrogens is 380 g/mol. The molecule has 1 saturated heterocycles. The number of ether oxygens (including phenoxy) is 2. The molecule has 0 unspecified atom stereocenters. The van der Waals surface area contributed by atoms with Gasteiger partial charge in [-0.25, -0.2) is 9.78 Å². The first kappa shape index (κ1) is 20.7. The third-order valence-corrected chi connectivity index (χ3v) is 6.05. The van der Waals surface area contributed by atoms with Crippen LogP contribution in [0.5, 0.6) is 5.75 Å². The summed E-state index contributed by atoms with van der Waals surface area (Å²) in [6.45, 7) is 7.89. The van der Waals surface area contributed by atoms with Gasteiger partial charge in [-0.1, -0.05) is 20.3 Å². The monoisotopic (exact) mass is 412 g/mol. The van der Waals surface area contributed by atoms with Gasteiger partial charge in [0.2, 0.25) is 0 Å². The van der Waals surface area contributed by atoms with Crippen LogP contribution in [0.4, 0.5) is 4.79 Å². The lowest BCUT2D eigenvalue weighted by atomic mass is 9.85. The molecular formula is C23H32N4O3. The number of hydrogen-bond acceptors (Lipinski definition) is 5. The Hall–Kier alpha value is -2.57. The van der Waals surface area contributed by atoms with Gasteiger partial charge in [-0.05, 0) is 44.7 Å². The van der Waals surface area contributed by atoms with E-state index in [1.165, 1.54) is 19.3 Å². The van der Waals surface area contributed by atoms with E-state index < -0.39 is 0 Å². The Bertz CT molecular complexity index is 907. The van der Waals surface area contributed by atoms with Gasteiger partial charge in [-0.3, -0.25) is 4.68 Å². The molecule has 0 radical (unpaired) electrons. The fraction of sp³-hybridized carbons (Fsp3) is 0.609. The zero-order valence-electron chi connectivity index (χ0n) is 18.5. The largest absolute Gasteiger partial charge is 0.489 e. The van der Waals surface area contributed by atoms with Crippen molar-refractivity contribution in [2.24, 2.45) is 12.5 Å². The average Bonchev–Trinajstić information content (AvgIpc) is 3.07. The summed E-state index contributed by atoms with van der Waals surface area (Å²) in [5.74, 6) is 0.850. The highest BCUT2D eigenvalue weighted by Gasteiger charge is 2.38. The van der Waals surface area contributed by atoms with Crippen LogP contribution in [0, 0.1) is 12.3 Å². The number of aromatic nitrogens is 3. The number of pyridine rings is 1. The summed E-state index contributed by atoms with van der Waals surface area (Å²) in [4.78, 5) is 18.8. The predicted octanol–water partition coefficient (Wildman–Crippen LogP) is 4.48. The Morgan fingerprint density at radius 1 is 1.20 bits per heavy atom.